The van der Waals surface area contributed by atoms with Crippen LogP contribution in [0, 0.1) is 0 Å². The number of hydrogen-bond acceptors (Lipinski definition) is 4. The summed E-state index contributed by atoms with van der Waals surface area (Å²) in [6, 6.07) is 16.1. The maximum Gasteiger partial charge on any atom is 0.238 e. The molecule has 0 atom stereocenters. The van der Waals surface area contributed by atoms with Gasteiger partial charge in [0.05, 0.1) is 11.9 Å². The van der Waals surface area contributed by atoms with E-state index in [9.17, 15) is 13.2 Å². The lowest BCUT2D eigenvalue weighted by Gasteiger charge is -2.21. The summed E-state index contributed by atoms with van der Waals surface area (Å²) in [5.74, 6) is -0.120. The fourth-order valence-corrected chi connectivity index (χ4v) is 2.86. The molecule has 0 fully saturated rings. The summed E-state index contributed by atoms with van der Waals surface area (Å²) in [7, 11) is -3.59. The maximum atomic E-state index is 11.7. The summed E-state index contributed by atoms with van der Waals surface area (Å²) >= 11 is 0. The van der Waals surface area contributed by atoms with Crippen LogP contribution >= 0.6 is 0 Å². The van der Waals surface area contributed by atoms with Crippen LogP contribution in [0.4, 0.5) is 5.69 Å². The molecule has 0 radical (unpaired) electrons. The molecule has 0 aliphatic heterocycles. The zero-order valence-electron chi connectivity index (χ0n) is 12.7. The van der Waals surface area contributed by atoms with Crippen molar-refractivity contribution >= 4 is 21.6 Å². The molecule has 2 N–H and O–H groups in total. The fourth-order valence-electron chi connectivity index (χ4n) is 1.99. The molecule has 0 aromatic heterocycles. The van der Waals surface area contributed by atoms with Gasteiger partial charge >= 0.3 is 0 Å². The quantitative estimate of drug-likeness (QED) is 0.831. The Balaban J connectivity index is 2.09. The highest BCUT2D eigenvalue weighted by molar-refractivity contribution is 7.92. The molecule has 0 bridgehead atoms. The fraction of sp³-hybridized carbons (Fsp3) is 0.188. The van der Waals surface area contributed by atoms with Crippen molar-refractivity contribution in [3.8, 4) is 5.75 Å². The Hall–Kier alpha value is -2.54. The Morgan fingerprint density at radius 3 is 2.22 bits per heavy atom. The van der Waals surface area contributed by atoms with Crippen LogP contribution in [0.3, 0.4) is 0 Å². The number of amides is 1. The van der Waals surface area contributed by atoms with E-state index in [0.29, 0.717) is 18.0 Å². The van der Waals surface area contributed by atoms with E-state index in [1.54, 1.807) is 24.3 Å². The van der Waals surface area contributed by atoms with Crippen LogP contribution in [0.2, 0.25) is 0 Å². The molecular formula is C16H18N2O4S. The van der Waals surface area contributed by atoms with Gasteiger partial charge < -0.3 is 10.5 Å². The van der Waals surface area contributed by atoms with Crippen molar-refractivity contribution in [3.63, 3.8) is 0 Å². The van der Waals surface area contributed by atoms with Gasteiger partial charge in [-0.3, -0.25) is 9.10 Å². The number of nitrogens with two attached hydrogens (primary N) is 1. The van der Waals surface area contributed by atoms with Crippen LogP contribution in [0.5, 0.6) is 5.75 Å². The zero-order valence-corrected chi connectivity index (χ0v) is 13.5. The molecule has 6 nitrogen and oxygen atoms in total. The van der Waals surface area contributed by atoms with Crippen LogP contribution in [-0.2, 0) is 21.4 Å². The third kappa shape index (κ3) is 5.00. The second-order valence-electron chi connectivity index (χ2n) is 5.00. The number of anilines is 1. The van der Waals surface area contributed by atoms with Crippen molar-refractivity contribution < 1.29 is 17.9 Å². The van der Waals surface area contributed by atoms with Crippen molar-refractivity contribution in [3.05, 3.63) is 60.2 Å². The molecule has 1 amide bonds. The monoisotopic (exact) mass is 334 g/mol. The lowest BCUT2D eigenvalue weighted by Crippen LogP contribution is -2.37. The van der Waals surface area contributed by atoms with Gasteiger partial charge in [0.2, 0.25) is 15.9 Å². The minimum absolute atomic E-state index is 0.360. The summed E-state index contributed by atoms with van der Waals surface area (Å²) in [6.45, 7) is 0.0142. The third-order valence-electron chi connectivity index (χ3n) is 3.07. The number of rotatable bonds is 7. The molecule has 2 rings (SSSR count). The molecule has 0 saturated heterocycles. The lowest BCUT2D eigenvalue weighted by atomic mass is 10.2. The number of sulfonamides is 1. The largest absolute Gasteiger partial charge is 0.489 e. The molecule has 0 spiro atoms. The maximum absolute atomic E-state index is 11.7. The topological polar surface area (TPSA) is 89.7 Å². The van der Waals surface area contributed by atoms with Gasteiger partial charge in [-0.25, -0.2) is 8.42 Å². The van der Waals surface area contributed by atoms with E-state index in [2.05, 4.69) is 0 Å². The molecule has 0 heterocycles. The van der Waals surface area contributed by atoms with E-state index < -0.39 is 22.5 Å². The Labute approximate surface area is 135 Å². The number of carbonyl (C=O) groups is 1. The van der Waals surface area contributed by atoms with Gasteiger partial charge in [0.1, 0.15) is 18.9 Å². The average molecular weight is 334 g/mol. The van der Waals surface area contributed by atoms with Crippen molar-refractivity contribution in [1.29, 1.82) is 0 Å². The minimum atomic E-state index is -3.59. The first-order valence-corrected chi connectivity index (χ1v) is 8.74. The van der Waals surface area contributed by atoms with Crippen LogP contribution in [0.1, 0.15) is 5.56 Å². The lowest BCUT2D eigenvalue weighted by molar-refractivity contribution is -0.116. The molecule has 0 aliphatic carbocycles. The van der Waals surface area contributed by atoms with Crippen LogP contribution in [0.25, 0.3) is 0 Å². The van der Waals surface area contributed by atoms with Gasteiger partial charge in [0, 0.05) is 0 Å². The summed E-state index contributed by atoms with van der Waals surface area (Å²) in [6.07, 6.45) is 1.02. The molecule has 0 saturated carbocycles. The normalized spacial score (nSPS) is 11.0. The van der Waals surface area contributed by atoms with Gasteiger partial charge in [-0.15, -0.1) is 0 Å². The predicted molar refractivity (Wildman–Crippen MR) is 88.6 cm³/mol. The smallest absolute Gasteiger partial charge is 0.238 e. The summed E-state index contributed by atoms with van der Waals surface area (Å²) in [5, 5.41) is 0. The first-order chi connectivity index (χ1) is 10.9. The average Bonchev–Trinajstić information content (AvgIpc) is 2.51. The van der Waals surface area contributed by atoms with E-state index in [-0.39, 0.29) is 0 Å². The number of hydrogen-bond donors (Lipinski definition) is 1. The van der Waals surface area contributed by atoms with Crippen molar-refractivity contribution in [2.45, 2.75) is 6.61 Å². The van der Waals surface area contributed by atoms with Crippen molar-refractivity contribution in [2.75, 3.05) is 17.1 Å². The molecular weight excluding hydrogens is 316 g/mol. The van der Waals surface area contributed by atoms with Crippen molar-refractivity contribution in [1.82, 2.24) is 0 Å². The number of carbonyl (C=O) groups excluding carboxylic acids is 1. The first-order valence-electron chi connectivity index (χ1n) is 6.89. The Kier molecular flexibility index (Phi) is 5.23. The highest BCUT2D eigenvalue weighted by Crippen LogP contribution is 2.22. The highest BCUT2D eigenvalue weighted by atomic mass is 32.2. The van der Waals surface area contributed by atoms with E-state index >= 15 is 0 Å². The Bertz CT molecular complexity index is 758. The second kappa shape index (κ2) is 7.15. The third-order valence-corrected chi connectivity index (χ3v) is 4.21. The molecule has 0 unspecified atom stereocenters. The van der Waals surface area contributed by atoms with Gasteiger partial charge in [-0.2, -0.15) is 0 Å². The van der Waals surface area contributed by atoms with Gasteiger partial charge in [0.25, 0.3) is 0 Å². The summed E-state index contributed by atoms with van der Waals surface area (Å²) in [4.78, 5) is 11.0. The molecule has 2 aromatic carbocycles. The minimum Gasteiger partial charge on any atom is -0.489 e. The van der Waals surface area contributed by atoms with E-state index in [1.165, 1.54) is 0 Å². The number of primary amides is 1. The predicted octanol–water partition coefficient (Wildman–Crippen LogP) is 1.52. The number of nitrogens with zero attached hydrogens (tertiary/aromatic N) is 1. The van der Waals surface area contributed by atoms with Gasteiger partial charge in [-0.1, -0.05) is 30.3 Å². The van der Waals surface area contributed by atoms with Crippen LogP contribution in [0.15, 0.2) is 54.6 Å². The highest BCUT2D eigenvalue weighted by Gasteiger charge is 2.19. The van der Waals surface area contributed by atoms with Crippen LogP contribution < -0.4 is 14.8 Å². The first kappa shape index (κ1) is 16.8. The van der Waals surface area contributed by atoms with E-state index in [1.807, 2.05) is 30.3 Å². The Morgan fingerprint density at radius 2 is 1.70 bits per heavy atom. The van der Waals surface area contributed by atoms with E-state index in [0.717, 1.165) is 16.1 Å². The molecule has 122 valence electrons. The number of benzene rings is 2. The molecule has 0 aliphatic rings. The summed E-state index contributed by atoms with van der Waals surface area (Å²) in [5.41, 5.74) is 6.49. The number of ether oxygens (including phenoxy) is 1. The molecule has 23 heavy (non-hydrogen) atoms. The molecule has 2 aromatic rings. The van der Waals surface area contributed by atoms with Gasteiger partial charge in [-0.05, 0) is 29.8 Å². The summed E-state index contributed by atoms with van der Waals surface area (Å²) < 4.78 is 30.1. The second-order valence-corrected chi connectivity index (χ2v) is 6.91. The van der Waals surface area contributed by atoms with Crippen molar-refractivity contribution in [2.24, 2.45) is 5.73 Å². The standard InChI is InChI=1S/C16H18N2O4S/c1-23(20,21)18(11-16(17)19)14-7-9-15(10-8-14)22-12-13-5-3-2-4-6-13/h2-10H,11-12H2,1H3,(H2,17,19). The van der Waals surface area contributed by atoms with Crippen LogP contribution in [-0.4, -0.2) is 27.1 Å². The van der Waals surface area contributed by atoms with Gasteiger partial charge in [0.15, 0.2) is 0 Å². The molecule has 7 heteroatoms. The van der Waals surface area contributed by atoms with E-state index in [4.69, 9.17) is 10.5 Å². The SMILES string of the molecule is CS(=O)(=O)N(CC(N)=O)c1ccc(OCc2ccccc2)cc1. The zero-order chi connectivity index (χ0) is 16.9. The Morgan fingerprint density at radius 1 is 1.09 bits per heavy atom.